The smallest absolute Gasteiger partial charge is 0.222 e. The first-order chi connectivity index (χ1) is 9.09. The summed E-state index contributed by atoms with van der Waals surface area (Å²) in [7, 11) is 0. The number of hydrogen-bond acceptors (Lipinski definition) is 2. The first-order valence-corrected chi connectivity index (χ1v) is 7.21. The minimum absolute atomic E-state index is 0. The van der Waals surface area contributed by atoms with E-state index in [0.717, 1.165) is 12.0 Å². The molecule has 120 valence electrons. The van der Waals surface area contributed by atoms with Crippen LogP contribution in [0.3, 0.4) is 0 Å². The van der Waals surface area contributed by atoms with E-state index in [-0.39, 0.29) is 35.3 Å². The van der Waals surface area contributed by atoms with E-state index in [1.165, 1.54) is 0 Å². The Morgan fingerprint density at radius 2 is 1.67 bits per heavy atom. The van der Waals surface area contributed by atoms with Crippen LogP contribution in [0.25, 0.3) is 0 Å². The van der Waals surface area contributed by atoms with E-state index in [1.807, 2.05) is 30.3 Å². The molecule has 1 amide bonds. The lowest BCUT2D eigenvalue weighted by molar-refractivity contribution is -0.123. The van der Waals surface area contributed by atoms with Gasteiger partial charge in [-0.25, -0.2) is 0 Å². The number of carbonyl (C=O) groups is 1. The van der Waals surface area contributed by atoms with E-state index in [4.69, 9.17) is 5.73 Å². The number of nitrogens with one attached hydrogen (secondary N) is 1. The minimum atomic E-state index is -0.248. The van der Waals surface area contributed by atoms with Gasteiger partial charge in [-0.1, -0.05) is 51.1 Å². The molecular formula is C17H29ClN2O. The molecule has 3 nitrogen and oxygen atoms in total. The van der Waals surface area contributed by atoms with Crippen LogP contribution in [0.1, 0.15) is 59.1 Å². The highest BCUT2D eigenvalue weighted by atomic mass is 35.5. The Bertz CT molecular complexity index is 438. The van der Waals surface area contributed by atoms with Crippen molar-refractivity contribution in [2.45, 2.75) is 59.0 Å². The van der Waals surface area contributed by atoms with Gasteiger partial charge in [-0.2, -0.15) is 0 Å². The van der Waals surface area contributed by atoms with Crippen LogP contribution >= 0.6 is 12.4 Å². The Morgan fingerprint density at radius 1 is 1.14 bits per heavy atom. The molecule has 1 atom stereocenters. The summed E-state index contributed by atoms with van der Waals surface area (Å²) in [4.78, 5) is 12.1. The molecule has 0 saturated carbocycles. The molecule has 1 aromatic rings. The molecule has 1 rings (SSSR count). The van der Waals surface area contributed by atoms with Gasteiger partial charge in [-0.15, -0.1) is 12.4 Å². The number of carbonyl (C=O) groups excluding carboxylic acids is 1. The summed E-state index contributed by atoms with van der Waals surface area (Å²) in [5.74, 6) is 0.00982. The SMILES string of the molecule is CC(C)(C)CC(C)(C)NC(=O)CC(N)c1ccccc1.Cl. The van der Waals surface area contributed by atoms with Crippen molar-refractivity contribution in [2.24, 2.45) is 11.1 Å². The number of rotatable bonds is 5. The highest BCUT2D eigenvalue weighted by molar-refractivity contribution is 5.85. The molecular weight excluding hydrogens is 284 g/mol. The maximum Gasteiger partial charge on any atom is 0.222 e. The minimum Gasteiger partial charge on any atom is -0.351 e. The first kappa shape index (κ1) is 19.9. The van der Waals surface area contributed by atoms with Crippen molar-refractivity contribution in [2.75, 3.05) is 0 Å². The summed E-state index contributed by atoms with van der Waals surface area (Å²) >= 11 is 0. The summed E-state index contributed by atoms with van der Waals surface area (Å²) in [5.41, 5.74) is 7.04. The van der Waals surface area contributed by atoms with Crippen LogP contribution < -0.4 is 11.1 Å². The third-order valence-electron chi connectivity index (χ3n) is 3.08. The lowest BCUT2D eigenvalue weighted by atomic mass is 9.81. The highest BCUT2D eigenvalue weighted by Crippen LogP contribution is 2.27. The molecule has 0 aliphatic carbocycles. The van der Waals surface area contributed by atoms with Crippen molar-refractivity contribution in [3.63, 3.8) is 0 Å². The third-order valence-corrected chi connectivity index (χ3v) is 3.08. The lowest BCUT2D eigenvalue weighted by Crippen LogP contribution is -2.46. The summed E-state index contributed by atoms with van der Waals surface area (Å²) < 4.78 is 0. The van der Waals surface area contributed by atoms with Crippen molar-refractivity contribution in [1.82, 2.24) is 5.32 Å². The van der Waals surface area contributed by atoms with Crippen molar-refractivity contribution >= 4 is 18.3 Å². The van der Waals surface area contributed by atoms with Gasteiger partial charge in [-0.3, -0.25) is 4.79 Å². The van der Waals surface area contributed by atoms with Gasteiger partial charge in [0.2, 0.25) is 5.91 Å². The zero-order valence-corrected chi connectivity index (χ0v) is 14.6. The van der Waals surface area contributed by atoms with E-state index in [1.54, 1.807) is 0 Å². The maximum absolute atomic E-state index is 12.1. The Balaban J connectivity index is 0.00000400. The van der Waals surface area contributed by atoms with E-state index >= 15 is 0 Å². The zero-order chi connectivity index (χ0) is 15.4. The molecule has 0 fully saturated rings. The molecule has 21 heavy (non-hydrogen) atoms. The highest BCUT2D eigenvalue weighted by Gasteiger charge is 2.27. The van der Waals surface area contributed by atoms with Crippen LogP contribution in [0.15, 0.2) is 30.3 Å². The summed E-state index contributed by atoms with van der Waals surface area (Å²) in [6.07, 6.45) is 1.24. The largest absolute Gasteiger partial charge is 0.351 e. The van der Waals surface area contributed by atoms with Gasteiger partial charge < -0.3 is 11.1 Å². The van der Waals surface area contributed by atoms with Crippen molar-refractivity contribution in [3.8, 4) is 0 Å². The number of amides is 1. The van der Waals surface area contributed by atoms with E-state index in [2.05, 4.69) is 39.9 Å². The van der Waals surface area contributed by atoms with Crippen LogP contribution in [-0.2, 0) is 4.79 Å². The van der Waals surface area contributed by atoms with E-state index in [9.17, 15) is 4.79 Å². The molecule has 0 radical (unpaired) electrons. The second-order valence-electron chi connectivity index (χ2n) is 7.39. The normalized spacial score (nSPS) is 13.2. The van der Waals surface area contributed by atoms with Crippen LogP contribution in [0.5, 0.6) is 0 Å². The third kappa shape index (κ3) is 8.08. The Kier molecular flexibility index (Phi) is 7.41. The Morgan fingerprint density at radius 3 is 2.14 bits per heavy atom. The van der Waals surface area contributed by atoms with Crippen LogP contribution in [0, 0.1) is 5.41 Å². The first-order valence-electron chi connectivity index (χ1n) is 7.21. The predicted octanol–water partition coefficient (Wildman–Crippen LogP) is 3.83. The fraction of sp³-hybridized carbons (Fsp3) is 0.588. The summed E-state index contributed by atoms with van der Waals surface area (Å²) in [6, 6.07) is 9.49. The van der Waals surface area contributed by atoms with Crippen molar-refractivity contribution in [1.29, 1.82) is 0 Å². The van der Waals surface area contributed by atoms with Crippen molar-refractivity contribution < 1.29 is 4.79 Å². The number of nitrogens with two attached hydrogens (primary N) is 1. The molecule has 0 aromatic heterocycles. The average molecular weight is 313 g/mol. The van der Waals surface area contributed by atoms with Gasteiger partial charge >= 0.3 is 0 Å². The van der Waals surface area contributed by atoms with Crippen LogP contribution in [0.2, 0.25) is 0 Å². The quantitative estimate of drug-likeness (QED) is 0.868. The van der Waals surface area contributed by atoms with E-state index in [0.29, 0.717) is 6.42 Å². The molecule has 0 heterocycles. The van der Waals surface area contributed by atoms with Gasteiger partial charge in [0.1, 0.15) is 0 Å². The van der Waals surface area contributed by atoms with Gasteiger partial charge in [0.25, 0.3) is 0 Å². The Hall–Kier alpha value is -1.06. The summed E-state index contributed by atoms with van der Waals surface area (Å²) in [5, 5.41) is 3.09. The van der Waals surface area contributed by atoms with Gasteiger partial charge in [0.15, 0.2) is 0 Å². The average Bonchev–Trinajstić information content (AvgIpc) is 2.25. The van der Waals surface area contributed by atoms with Gasteiger partial charge in [0, 0.05) is 18.0 Å². The zero-order valence-electron chi connectivity index (χ0n) is 13.8. The van der Waals surface area contributed by atoms with Gasteiger partial charge in [0.05, 0.1) is 0 Å². The van der Waals surface area contributed by atoms with Gasteiger partial charge in [-0.05, 0) is 31.2 Å². The molecule has 4 heteroatoms. The molecule has 3 N–H and O–H groups in total. The monoisotopic (exact) mass is 312 g/mol. The molecule has 1 unspecified atom stereocenters. The molecule has 1 aromatic carbocycles. The van der Waals surface area contributed by atoms with Crippen molar-refractivity contribution in [3.05, 3.63) is 35.9 Å². The van der Waals surface area contributed by atoms with Crippen LogP contribution in [-0.4, -0.2) is 11.4 Å². The second kappa shape index (κ2) is 7.81. The molecule has 0 aliphatic rings. The molecule has 0 saturated heterocycles. The molecule has 0 bridgehead atoms. The molecule has 0 spiro atoms. The van der Waals surface area contributed by atoms with E-state index < -0.39 is 0 Å². The Labute approximate surface area is 135 Å². The summed E-state index contributed by atoms with van der Waals surface area (Å²) in [6.45, 7) is 10.7. The number of hydrogen-bond donors (Lipinski definition) is 2. The number of benzene rings is 1. The van der Waals surface area contributed by atoms with Crippen LogP contribution in [0.4, 0.5) is 0 Å². The predicted molar refractivity (Wildman–Crippen MR) is 91.5 cm³/mol. The fourth-order valence-corrected chi connectivity index (χ4v) is 2.82. The number of halogens is 1. The lowest BCUT2D eigenvalue weighted by Gasteiger charge is -2.33. The fourth-order valence-electron chi connectivity index (χ4n) is 2.82. The molecule has 0 aliphatic heterocycles. The maximum atomic E-state index is 12.1. The topological polar surface area (TPSA) is 55.1 Å². The second-order valence-corrected chi connectivity index (χ2v) is 7.39. The standard InChI is InChI=1S/C17H28N2O.ClH/c1-16(2,3)12-17(4,5)19-15(20)11-14(18)13-9-7-6-8-10-13;/h6-10,14H,11-12,18H2,1-5H3,(H,19,20);1H.